The van der Waals surface area contributed by atoms with E-state index in [1.54, 1.807) is 6.07 Å². The highest BCUT2D eigenvalue weighted by molar-refractivity contribution is 6.04. The summed E-state index contributed by atoms with van der Waals surface area (Å²) in [6.45, 7) is -1.75. The highest BCUT2D eigenvalue weighted by atomic mass is 19.3. The molecule has 0 aliphatic carbocycles. The lowest BCUT2D eigenvalue weighted by molar-refractivity contribution is -0.0512. The first-order chi connectivity index (χ1) is 12.5. The molecule has 0 radical (unpaired) electrons. The molecule has 0 aromatic heterocycles. The van der Waals surface area contributed by atoms with Crippen molar-refractivity contribution in [1.29, 1.82) is 0 Å². The van der Waals surface area contributed by atoms with Crippen molar-refractivity contribution in [3.8, 4) is 11.5 Å². The van der Waals surface area contributed by atoms with Crippen molar-refractivity contribution in [2.24, 2.45) is 0 Å². The molecule has 1 heterocycles. The van der Waals surface area contributed by atoms with E-state index >= 15 is 0 Å². The largest absolute Gasteiger partial charge is 0.493 e. The van der Waals surface area contributed by atoms with Crippen molar-refractivity contribution in [3.63, 3.8) is 0 Å². The lowest BCUT2D eigenvalue weighted by Gasteiger charge is -2.19. The maximum atomic E-state index is 14.6. The van der Waals surface area contributed by atoms with E-state index in [0.717, 1.165) is 5.56 Å². The Hall–Kier alpha value is -2.74. The van der Waals surface area contributed by atoms with Gasteiger partial charge in [0.1, 0.15) is 5.82 Å². The highest BCUT2D eigenvalue weighted by Gasteiger charge is 2.19. The monoisotopic (exact) mass is 366 g/mol. The number of nitrogens with one attached hydrogen (secondary N) is 2. The standard InChI is InChI=1S/C18H17F3N2O3/c1-25-15-8-10(3-5-14(15)26-18(20)21)17(24)23-13-4-2-11-9-22-7-6-12(11)16(13)19/h2-5,8,18,22H,6-7,9H2,1H3,(H,23,24). The van der Waals surface area contributed by atoms with Gasteiger partial charge in [-0.15, -0.1) is 0 Å². The normalized spacial score (nSPS) is 13.3. The van der Waals surface area contributed by atoms with Crippen molar-refractivity contribution in [2.75, 3.05) is 19.0 Å². The lowest BCUT2D eigenvalue weighted by Crippen LogP contribution is -2.25. The zero-order chi connectivity index (χ0) is 18.7. The van der Waals surface area contributed by atoms with Gasteiger partial charge in [0, 0.05) is 12.1 Å². The summed E-state index contributed by atoms with van der Waals surface area (Å²) in [5.41, 5.74) is 1.64. The van der Waals surface area contributed by atoms with E-state index in [1.807, 2.05) is 0 Å². The zero-order valence-electron chi connectivity index (χ0n) is 13.9. The third-order valence-corrected chi connectivity index (χ3v) is 4.10. The third kappa shape index (κ3) is 3.75. The molecule has 1 amide bonds. The van der Waals surface area contributed by atoms with Gasteiger partial charge in [0.25, 0.3) is 5.91 Å². The molecule has 1 aliphatic heterocycles. The van der Waals surface area contributed by atoms with E-state index in [9.17, 15) is 18.0 Å². The molecule has 0 bridgehead atoms. The minimum Gasteiger partial charge on any atom is -0.493 e. The van der Waals surface area contributed by atoms with Crippen LogP contribution in [0.4, 0.5) is 18.9 Å². The number of methoxy groups -OCH3 is 1. The number of hydrogen-bond acceptors (Lipinski definition) is 4. The van der Waals surface area contributed by atoms with Crippen LogP contribution >= 0.6 is 0 Å². The van der Waals surface area contributed by atoms with Gasteiger partial charge in [-0.3, -0.25) is 4.79 Å². The number of fused-ring (bicyclic) bond motifs is 1. The van der Waals surface area contributed by atoms with Crippen molar-refractivity contribution >= 4 is 11.6 Å². The average molecular weight is 366 g/mol. The molecular formula is C18H17F3N2O3. The summed E-state index contributed by atoms with van der Waals surface area (Å²) in [6, 6.07) is 7.03. The molecule has 0 atom stereocenters. The Labute approximate surface area is 148 Å². The van der Waals surface area contributed by atoms with Crippen LogP contribution in [0.15, 0.2) is 30.3 Å². The van der Waals surface area contributed by atoms with Crippen LogP contribution in [0.3, 0.4) is 0 Å². The second-order valence-electron chi connectivity index (χ2n) is 5.69. The minimum absolute atomic E-state index is 0.0186. The van der Waals surface area contributed by atoms with Crippen LogP contribution in [0, 0.1) is 5.82 Å². The molecule has 0 fully saturated rings. The fourth-order valence-corrected chi connectivity index (χ4v) is 2.83. The summed E-state index contributed by atoms with van der Waals surface area (Å²) in [7, 11) is 1.27. The van der Waals surface area contributed by atoms with Gasteiger partial charge in [-0.2, -0.15) is 8.78 Å². The smallest absolute Gasteiger partial charge is 0.387 e. The molecule has 5 nitrogen and oxygen atoms in total. The summed E-state index contributed by atoms with van der Waals surface area (Å²) in [6.07, 6.45) is 0.540. The number of halogens is 3. The first kappa shape index (κ1) is 18.1. The molecule has 26 heavy (non-hydrogen) atoms. The Morgan fingerprint density at radius 2 is 2.04 bits per heavy atom. The number of anilines is 1. The number of hydrogen-bond donors (Lipinski definition) is 2. The van der Waals surface area contributed by atoms with Gasteiger partial charge in [0.05, 0.1) is 12.8 Å². The number of ether oxygens (including phenoxy) is 2. The third-order valence-electron chi connectivity index (χ3n) is 4.10. The first-order valence-corrected chi connectivity index (χ1v) is 7.94. The summed E-state index contributed by atoms with van der Waals surface area (Å²) in [4.78, 5) is 12.4. The fraction of sp³-hybridized carbons (Fsp3) is 0.278. The Kier molecular flexibility index (Phi) is 5.32. The predicted molar refractivity (Wildman–Crippen MR) is 89.4 cm³/mol. The van der Waals surface area contributed by atoms with Crippen molar-refractivity contribution in [3.05, 3.63) is 52.8 Å². The summed E-state index contributed by atoms with van der Waals surface area (Å²) in [5, 5.41) is 5.66. The lowest BCUT2D eigenvalue weighted by atomic mass is 9.99. The molecule has 0 unspecified atom stereocenters. The molecule has 0 saturated carbocycles. The predicted octanol–water partition coefficient (Wildman–Crippen LogP) is 3.33. The molecule has 0 saturated heterocycles. The van der Waals surface area contributed by atoms with Crippen molar-refractivity contribution in [2.45, 2.75) is 19.6 Å². The maximum absolute atomic E-state index is 14.6. The molecule has 0 spiro atoms. The molecule has 2 N–H and O–H groups in total. The SMILES string of the molecule is COc1cc(C(=O)Nc2ccc3c(c2F)CCNC3)ccc1OC(F)F. The average Bonchev–Trinajstić information content (AvgIpc) is 2.64. The quantitative estimate of drug-likeness (QED) is 0.852. The summed E-state index contributed by atoms with van der Waals surface area (Å²) >= 11 is 0. The number of benzene rings is 2. The van der Waals surface area contributed by atoms with Crippen LogP contribution in [0.25, 0.3) is 0 Å². The zero-order valence-corrected chi connectivity index (χ0v) is 13.9. The molecule has 1 aliphatic rings. The van der Waals surface area contributed by atoms with Crippen molar-refractivity contribution in [1.82, 2.24) is 5.32 Å². The summed E-state index contributed by atoms with van der Waals surface area (Å²) in [5.74, 6) is -1.25. The van der Waals surface area contributed by atoms with E-state index in [1.165, 1.54) is 31.4 Å². The van der Waals surface area contributed by atoms with Crippen LogP contribution in [0.1, 0.15) is 21.5 Å². The van der Waals surface area contributed by atoms with Gasteiger partial charge in [-0.05, 0) is 48.4 Å². The number of alkyl halides is 2. The van der Waals surface area contributed by atoms with Crippen LogP contribution in [-0.4, -0.2) is 26.2 Å². The van der Waals surface area contributed by atoms with E-state index in [-0.39, 0.29) is 22.7 Å². The van der Waals surface area contributed by atoms with E-state index in [0.29, 0.717) is 25.1 Å². The van der Waals surface area contributed by atoms with E-state index < -0.39 is 18.3 Å². The van der Waals surface area contributed by atoms with E-state index in [4.69, 9.17) is 4.74 Å². The Bertz CT molecular complexity index is 828. The molecular weight excluding hydrogens is 349 g/mol. The number of amides is 1. The Balaban J connectivity index is 1.82. The molecule has 2 aromatic carbocycles. The van der Waals surface area contributed by atoms with Gasteiger partial charge in [0.15, 0.2) is 11.5 Å². The highest BCUT2D eigenvalue weighted by Crippen LogP contribution is 2.30. The summed E-state index contributed by atoms with van der Waals surface area (Å²) < 4.78 is 48.6. The minimum atomic E-state index is -3.01. The molecule has 8 heteroatoms. The molecule has 3 rings (SSSR count). The van der Waals surface area contributed by atoms with E-state index in [2.05, 4.69) is 15.4 Å². The Morgan fingerprint density at radius 1 is 1.23 bits per heavy atom. The van der Waals surface area contributed by atoms with Gasteiger partial charge in [-0.25, -0.2) is 4.39 Å². The number of rotatable bonds is 5. The molecule has 138 valence electrons. The maximum Gasteiger partial charge on any atom is 0.387 e. The van der Waals surface area contributed by atoms with Gasteiger partial charge >= 0.3 is 6.61 Å². The Morgan fingerprint density at radius 3 is 2.77 bits per heavy atom. The van der Waals surface area contributed by atoms with Crippen LogP contribution in [0.2, 0.25) is 0 Å². The van der Waals surface area contributed by atoms with Gasteiger partial charge in [0.2, 0.25) is 0 Å². The van der Waals surface area contributed by atoms with Gasteiger partial charge < -0.3 is 20.1 Å². The van der Waals surface area contributed by atoms with Crippen LogP contribution in [-0.2, 0) is 13.0 Å². The van der Waals surface area contributed by atoms with Crippen LogP contribution < -0.4 is 20.1 Å². The van der Waals surface area contributed by atoms with Gasteiger partial charge in [-0.1, -0.05) is 6.07 Å². The van der Waals surface area contributed by atoms with Crippen molar-refractivity contribution < 1.29 is 27.4 Å². The number of carbonyl (C=O) groups excluding carboxylic acids is 1. The second-order valence-corrected chi connectivity index (χ2v) is 5.69. The molecule has 2 aromatic rings. The number of carbonyl (C=O) groups is 1. The fourth-order valence-electron chi connectivity index (χ4n) is 2.83. The topological polar surface area (TPSA) is 59.6 Å². The second kappa shape index (κ2) is 7.65. The van der Waals surface area contributed by atoms with Crippen LogP contribution in [0.5, 0.6) is 11.5 Å². The first-order valence-electron chi connectivity index (χ1n) is 7.94.